The number of hydrogen-bond donors (Lipinski definition) is 1. The Hall–Kier alpha value is -1.29. The predicted octanol–water partition coefficient (Wildman–Crippen LogP) is 2.51. The Morgan fingerprint density at radius 2 is 2.12 bits per heavy atom. The summed E-state index contributed by atoms with van der Waals surface area (Å²) >= 11 is 5.85. The number of benzene rings is 1. The Balaban J connectivity index is 1.90. The first-order valence-corrected chi connectivity index (χ1v) is 6.01. The molecule has 1 saturated heterocycles. The second-order valence-electron chi connectivity index (χ2n) is 4.07. The van der Waals surface area contributed by atoms with Gasteiger partial charge in [0.2, 0.25) is 5.91 Å². The molecule has 1 aliphatic rings. The van der Waals surface area contributed by atoms with Crippen LogP contribution in [0.4, 0.5) is 10.1 Å². The molecule has 0 aromatic heterocycles. The van der Waals surface area contributed by atoms with Gasteiger partial charge in [0.15, 0.2) is 0 Å². The smallest absolute Gasteiger partial charge is 0.241 e. The van der Waals surface area contributed by atoms with Gasteiger partial charge in [-0.05, 0) is 31.0 Å². The van der Waals surface area contributed by atoms with Gasteiger partial charge >= 0.3 is 0 Å². The van der Waals surface area contributed by atoms with E-state index < -0.39 is 0 Å². The van der Waals surface area contributed by atoms with Gasteiger partial charge in [0.25, 0.3) is 0 Å². The van der Waals surface area contributed by atoms with Crippen molar-refractivity contribution in [3.8, 4) is 0 Å². The molecule has 17 heavy (non-hydrogen) atoms. The van der Waals surface area contributed by atoms with Gasteiger partial charge in [-0.15, -0.1) is 0 Å². The van der Waals surface area contributed by atoms with Crippen LogP contribution >= 0.6 is 11.6 Å². The fraction of sp³-hybridized carbons (Fsp3) is 0.417. The average molecular weight is 257 g/mol. The Bertz CT molecular complexity index is 419. The van der Waals surface area contributed by atoms with E-state index in [1.807, 2.05) is 4.90 Å². The minimum atomic E-state index is -0.383. The maximum Gasteiger partial charge on any atom is 0.241 e. The summed E-state index contributed by atoms with van der Waals surface area (Å²) in [6.45, 7) is 1.86. The van der Waals surface area contributed by atoms with E-state index >= 15 is 0 Å². The van der Waals surface area contributed by atoms with Crippen LogP contribution in [0.2, 0.25) is 5.02 Å². The molecule has 0 radical (unpaired) electrons. The Morgan fingerprint density at radius 1 is 1.41 bits per heavy atom. The second kappa shape index (κ2) is 5.36. The zero-order valence-corrected chi connectivity index (χ0v) is 10.1. The molecular formula is C12H14ClFN2O. The van der Waals surface area contributed by atoms with Crippen LogP contribution in [0.25, 0.3) is 0 Å². The number of nitrogens with one attached hydrogen (secondary N) is 1. The van der Waals surface area contributed by atoms with Crippen molar-refractivity contribution in [2.24, 2.45) is 0 Å². The van der Waals surface area contributed by atoms with E-state index in [0.29, 0.717) is 10.7 Å². The molecule has 1 aromatic carbocycles. The van der Waals surface area contributed by atoms with Gasteiger partial charge in [-0.25, -0.2) is 4.39 Å². The first-order valence-electron chi connectivity index (χ1n) is 5.63. The topological polar surface area (TPSA) is 32.3 Å². The number of carbonyl (C=O) groups is 1. The van der Waals surface area contributed by atoms with Crippen molar-refractivity contribution in [1.82, 2.24) is 4.90 Å². The lowest BCUT2D eigenvalue weighted by molar-refractivity contribution is -0.128. The lowest BCUT2D eigenvalue weighted by Gasteiger charge is -2.16. The van der Waals surface area contributed by atoms with Gasteiger partial charge in [-0.3, -0.25) is 4.79 Å². The Kier molecular flexibility index (Phi) is 3.84. The van der Waals surface area contributed by atoms with Crippen molar-refractivity contribution in [1.29, 1.82) is 0 Å². The lowest BCUT2D eigenvalue weighted by Crippen LogP contribution is -2.33. The number of rotatable bonds is 3. The van der Waals surface area contributed by atoms with E-state index in [9.17, 15) is 9.18 Å². The first kappa shape index (κ1) is 12.2. The summed E-state index contributed by atoms with van der Waals surface area (Å²) in [4.78, 5) is 13.6. The maximum absolute atomic E-state index is 12.8. The number of nitrogens with zero attached hydrogens (tertiary/aromatic N) is 1. The standard InChI is InChI=1S/C12H14ClFN2O/c13-10-7-9(14)3-4-11(10)15-8-12(17)16-5-1-2-6-16/h3-4,7,15H,1-2,5-6,8H2. The number of hydrogen-bond acceptors (Lipinski definition) is 2. The molecule has 1 N–H and O–H groups in total. The van der Waals surface area contributed by atoms with Crippen LogP contribution in [0.5, 0.6) is 0 Å². The molecule has 0 unspecified atom stereocenters. The van der Waals surface area contributed by atoms with Crippen LogP contribution in [-0.2, 0) is 4.79 Å². The molecule has 92 valence electrons. The normalized spacial score (nSPS) is 15.1. The third-order valence-corrected chi connectivity index (χ3v) is 3.13. The third-order valence-electron chi connectivity index (χ3n) is 2.82. The number of anilines is 1. The molecule has 0 atom stereocenters. The minimum Gasteiger partial charge on any atom is -0.375 e. The number of halogens is 2. The highest BCUT2D eigenvalue weighted by atomic mass is 35.5. The summed E-state index contributed by atoms with van der Waals surface area (Å²) in [5.74, 6) is -0.325. The van der Waals surface area contributed by atoms with Crippen molar-refractivity contribution in [2.75, 3.05) is 25.0 Å². The van der Waals surface area contributed by atoms with E-state index in [0.717, 1.165) is 25.9 Å². The molecule has 1 amide bonds. The van der Waals surface area contributed by atoms with Gasteiger partial charge in [-0.1, -0.05) is 11.6 Å². The lowest BCUT2D eigenvalue weighted by atomic mass is 10.3. The first-order chi connectivity index (χ1) is 8.16. The molecule has 0 saturated carbocycles. The molecule has 3 nitrogen and oxygen atoms in total. The van der Waals surface area contributed by atoms with E-state index in [1.54, 1.807) is 0 Å². The van der Waals surface area contributed by atoms with Crippen LogP contribution in [0.1, 0.15) is 12.8 Å². The van der Waals surface area contributed by atoms with Crippen LogP contribution in [0.15, 0.2) is 18.2 Å². The fourth-order valence-corrected chi connectivity index (χ4v) is 2.12. The monoisotopic (exact) mass is 256 g/mol. The molecular weight excluding hydrogens is 243 g/mol. The van der Waals surface area contributed by atoms with Crippen molar-refractivity contribution in [3.05, 3.63) is 29.0 Å². The summed E-state index contributed by atoms with van der Waals surface area (Å²) in [6, 6.07) is 4.08. The predicted molar refractivity (Wildman–Crippen MR) is 65.7 cm³/mol. The quantitative estimate of drug-likeness (QED) is 0.901. The molecule has 2 rings (SSSR count). The molecule has 0 spiro atoms. The van der Waals surface area contributed by atoms with Gasteiger partial charge in [0.1, 0.15) is 5.82 Å². The average Bonchev–Trinajstić information content (AvgIpc) is 2.81. The van der Waals surface area contributed by atoms with Crippen molar-refractivity contribution in [2.45, 2.75) is 12.8 Å². The summed E-state index contributed by atoms with van der Waals surface area (Å²) in [5.41, 5.74) is 0.584. The van der Waals surface area contributed by atoms with Crippen molar-refractivity contribution >= 4 is 23.2 Å². The van der Waals surface area contributed by atoms with Gasteiger partial charge < -0.3 is 10.2 Å². The van der Waals surface area contributed by atoms with Crippen molar-refractivity contribution < 1.29 is 9.18 Å². The van der Waals surface area contributed by atoms with Gasteiger partial charge in [0, 0.05) is 13.1 Å². The number of carbonyl (C=O) groups excluding carboxylic acids is 1. The van der Waals surface area contributed by atoms with Crippen LogP contribution < -0.4 is 5.32 Å². The van der Waals surface area contributed by atoms with Gasteiger partial charge in [0.05, 0.1) is 17.3 Å². The zero-order valence-electron chi connectivity index (χ0n) is 9.38. The highest BCUT2D eigenvalue weighted by molar-refractivity contribution is 6.33. The van der Waals surface area contributed by atoms with Crippen LogP contribution in [0.3, 0.4) is 0 Å². The summed E-state index contributed by atoms with van der Waals surface area (Å²) in [7, 11) is 0. The highest BCUT2D eigenvalue weighted by Crippen LogP contribution is 2.22. The van der Waals surface area contributed by atoms with E-state index in [4.69, 9.17) is 11.6 Å². The molecule has 0 bridgehead atoms. The third kappa shape index (κ3) is 3.09. The second-order valence-corrected chi connectivity index (χ2v) is 4.47. The molecule has 1 fully saturated rings. The number of likely N-dealkylation sites (tertiary alicyclic amines) is 1. The zero-order chi connectivity index (χ0) is 12.3. The Labute approximate surface area is 105 Å². The van der Waals surface area contributed by atoms with E-state index in [1.165, 1.54) is 18.2 Å². The molecule has 1 aliphatic heterocycles. The van der Waals surface area contributed by atoms with Crippen LogP contribution in [-0.4, -0.2) is 30.4 Å². The van der Waals surface area contributed by atoms with E-state index in [-0.39, 0.29) is 18.3 Å². The Morgan fingerprint density at radius 3 is 2.76 bits per heavy atom. The maximum atomic E-state index is 12.8. The highest BCUT2D eigenvalue weighted by Gasteiger charge is 2.17. The number of amides is 1. The van der Waals surface area contributed by atoms with Crippen molar-refractivity contribution in [3.63, 3.8) is 0 Å². The molecule has 1 aromatic rings. The molecule has 0 aliphatic carbocycles. The minimum absolute atomic E-state index is 0.0582. The van der Waals surface area contributed by atoms with E-state index in [2.05, 4.69) is 5.32 Å². The molecule has 1 heterocycles. The summed E-state index contributed by atoms with van der Waals surface area (Å²) in [6.07, 6.45) is 2.14. The largest absolute Gasteiger partial charge is 0.375 e. The fourth-order valence-electron chi connectivity index (χ4n) is 1.88. The summed E-state index contributed by atoms with van der Waals surface area (Å²) < 4.78 is 12.8. The van der Waals surface area contributed by atoms with Gasteiger partial charge in [-0.2, -0.15) is 0 Å². The SMILES string of the molecule is O=C(CNc1ccc(F)cc1Cl)N1CCCC1. The van der Waals surface area contributed by atoms with Crippen LogP contribution in [0, 0.1) is 5.82 Å². The molecule has 5 heteroatoms. The summed E-state index contributed by atoms with van der Waals surface area (Å²) in [5, 5.41) is 3.22.